The lowest BCUT2D eigenvalue weighted by Gasteiger charge is -2.04. The number of rotatable bonds is 8. The van der Waals surface area contributed by atoms with Crippen LogP contribution in [-0.4, -0.2) is 37.8 Å². The van der Waals surface area contributed by atoms with Gasteiger partial charge < -0.3 is 0 Å². The Bertz CT molecular complexity index is 742. The Morgan fingerprint density at radius 1 is 1.26 bits per heavy atom. The molecule has 1 heterocycles. The Hall–Kier alpha value is -1.64. The Morgan fingerprint density at radius 2 is 2.04 bits per heavy atom. The first-order valence-corrected chi connectivity index (χ1v) is 10.5. The molecule has 0 fully saturated rings. The van der Waals surface area contributed by atoms with E-state index in [1.807, 2.05) is 16.8 Å². The Morgan fingerprint density at radius 3 is 2.74 bits per heavy atom. The normalized spacial score (nSPS) is 11.7. The van der Waals surface area contributed by atoms with Crippen LogP contribution >= 0.6 is 23.1 Å². The zero-order valence-corrected chi connectivity index (χ0v) is 14.7. The highest BCUT2D eigenvalue weighted by atomic mass is 32.2. The zero-order chi connectivity index (χ0) is 16.5. The van der Waals surface area contributed by atoms with Crippen LogP contribution in [0.1, 0.15) is 5.56 Å². The molecule has 1 N–H and O–H groups in total. The number of amides is 1. The van der Waals surface area contributed by atoms with Crippen molar-refractivity contribution in [3.63, 3.8) is 0 Å². The van der Waals surface area contributed by atoms with E-state index in [9.17, 15) is 13.2 Å². The minimum Gasteiger partial charge on any atom is -0.272 e. The van der Waals surface area contributed by atoms with Crippen molar-refractivity contribution in [1.82, 2.24) is 5.43 Å². The van der Waals surface area contributed by atoms with Crippen LogP contribution in [0.4, 0.5) is 0 Å². The van der Waals surface area contributed by atoms with Crippen molar-refractivity contribution in [1.29, 1.82) is 0 Å². The summed E-state index contributed by atoms with van der Waals surface area (Å²) in [5, 5.41) is 7.68. The first kappa shape index (κ1) is 17.7. The van der Waals surface area contributed by atoms with Gasteiger partial charge in [-0.15, -0.1) is 0 Å². The predicted molar refractivity (Wildman–Crippen MR) is 95.9 cm³/mol. The molecule has 1 amide bonds. The summed E-state index contributed by atoms with van der Waals surface area (Å²) in [7, 11) is -3.29. The number of carbonyl (C=O) groups excluding carboxylic acids is 1. The van der Waals surface area contributed by atoms with Gasteiger partial charge in [0.05, 0.1) is 22.6 Å². The molecule has 2 aromatic rings. The zero-order valence-electron chi connectivity index (χ0n) is 12.2. The minimum atomic E-state index is -3.29. The van der Waals surface area contributed by atoms with E-state index in [0.29, 0.717) is 10.6 Å². The number of nitrogens with one attached hydrogen (secondary N) is 1. The molecule has 23 heavy (non-hydrogen) atoms. The molecule has 0 saturated carbocycles. The summed E-state index contributed by atoms with van der Waals surface area (Å²) in [6, 6.07) is 10.2. The molecule has 0 radical (unpaired) electrons. The number of sulfone groups is 1. The molecule has 8 heteroatoms. The van der Waals surface area contributed by atoms with Crippen LogP contribution in [0.15, 0.2) is 57.2 Å². The molecule has 0 aliphatic rings. The summed E-state index contributed by atoms with van der Waals surface area (Å²) in [4.78, 5) is 11.9. The van der Waals surface area contributed by atoms with Gasteiger partial charge in [0, 0.05) is 11.3 Å². The van der Waals surface area contributed by atoms with Crippen LogP contribution in [-0.2, 0) is 14.6 Å². The van der Waals surface area contributed by atoms with Gasteiger partial charge in [-0.2, -0.15) is 28.2 Å². The van der Waals surface area contributed by atoms with Crippen LogP contribution in [0.3, 0.4) is 0 Å². The lowest BCUT2D eigenvalue weighted by molar-refractivity contribution is -0.118. The number of carbonyl (C=O) groups is 1. The van der Waals surface area contributed by atoms with Gasteiger partial charge in [-0.05, 0) is 29.0 Å². The van der Waals surface area contributed by atoms with E-state index in [4.69, 9.17) is 0 Å². The first-order chi connectivity index (χ1) is 11.1. The number of hydrogen-bond acceptors (Lipinski definition) is 6. The molecule has 0 spiro atoms. The van der Waals surface area contributed by atoms with Gasteiger partial charge in [-0.25, -0.2) is 13.8 Å². The number of thiophene rings is 1. The second-order valence-corrected chi connectivity index (χ2v) is 8.53. The summed E-state index contributed by atoms with van der Waals surface area (Å²) in [6.07, 6.45) is 1.57. The highest BCUT2D eigenvalue weighted by Gasteiger charge is 2.13. The van der Waals surface area contributed by atoms with Gasteiger partial charge in [0.25, 0.3) is 0 Å². The van der Waals surface area contributed by atoms with Crippen LogP contribution in [0, 0.1) is 0 Å². The van der Waals surface area contributed by atoms with Crippen LogP contribution < -0.4 is 5.43 Å². The van der Waals surface area contributed by atoms with Gasteiger partial charge in [0.2, 0.25) is 5.91 Å². The summed E-state index contributed by atoms with van der Waals surface area (Å²) >= 11 is 2.82. The number of thioether (sulfide) groups is 1. The highest BCUT2D eigenvalue weighted by molar-refractivity contribution is 8.01. The molecule has 0 aliphatic carbocycles. The van der Waals surface area contributed by atoms with Gasteiger partial charge in [0.15, 0.2) is 9.84 Å². The van der Waals surface area contributed by atoms with Crippen molar-refractivity contribution in [3.05, 3.63) is 52.7 Å². The molecular formula is C15H16N2O3S3. The fourth-order valence-electron chi connectivity index (χ4n) is 1.64. The molecule has 0 bridgehead atoms. The van der Waals surface area contributed by atoms with E-state index in [-0.39, 0.29) is 17.4 Å². The quantitative estimate of drug-likeness (QED) is 0.441. The van der Waals surface area contributed by atoms with E-state index in [0.717, 1.165) is 5.56 Å². The van der Waals surface area contributed by atoms with Crippen LogP contribution in [0.25, 0.3) is 0 Å². The van der Waals surface area contributed by atoms with E-state index in [1.165, 1.54) is 11.8 Å². The lowest BCUT2D eigenvalue weighted by atomic mass is 10.4. The largest absolute Gasteiger partial charge is 0.272 e. The van der Waals surface area contributed by atoms with E-state index in [1.54, 1.807) is 47.9 Å². The van der Waals surface area contributed by atoms with Crippen molar-refractivity contribution in [3.8, 4) is 0 Å². The molecule has 0 saturated heterocycles. The third-order valence-corrected chi connectivity index (χ3v) is 6.43. The van der Waals surface area contributed by atoms with E-state index < -0.39 is 9.84 Å². The fourth-order valence-corrected chi connectivity index (χ4v) is 4.80. The third kappa shape index (κ3) is 6.17. The number of hydrogen-bond donors (Lipinski definition) is 1. The standard InChI is InChI=1S/C15H16N2O3S3/c18-15(17-16-10-13-6-7-21-11-13)12-22-8-9-23(19,20)14-4-2-1-3-5-14/h1-7,10-11H,8-9,12H2,(H,17,18)/b16-10-. The highest BCUT2D eigenvalue weighted by Crippen LogP contribution is 2.12. The van der Waals surface area contributed by atoms with Gasteiger partial charge in [-0.1, -0.05) is 18.2 Å². The molecule has 1 aromatic carbocycles. The van der Waals surface area contributed by atoms with E-state index in [2.05, 4.69) is 10.5 Å². The maximum absolute atomic E-state index is 12.0. The van der Waals surface area contributed by atoms with Crippen LogP contribution in [0.2, 0.25) is 0 Å². The summed E-state index contributed by atoms with van der Waals surface area (Å²) in [5.41, 5.74) is 3.34. The molecule has 5 nitrogen and oxygen atoms in total. The molecule has 1 aromatic heterocycles. The number of hydrazone groups is 1. The maximum Gasteiger partial charge on any atom is 0.250 e. The Balaban J connectivity index is 1.68. The van der Waals surface area contributed by atoms with Crippen molar-refractivity contribution >= 4 is 45.1 Å². The predicted octanol–water partition coefficient (Wildman–Crippen LogP) is 2.41. The molecule has 0 aliphatic heterocycles. The molecular weight excluding hydrogens is 352 g/mol. The lowest BCUT2D eigenvalue weighted by Crippen LogP contribution is -2.20. The average Bonchev–Trinajstić information content (AvgIpc) is 3.06. The van der Waals surface area contributed by atoms with Crippen molar-refractivity contribution in [2.45, 2.75) is 4.90 Å². The first-order valence-electron chi connectivity index (χ1n) is 6.77. The average molecular weight is 369 g/mol. The maximum atomic E-state index is 12.0. The molecule has 0 atom stereocenters. The van der Waals surface area contributed by atoms with Gasteiger partial charge in [0.1, 0.15) is 0 Å². The molecule has 122 valence electrons. The van der Waals surface area contributed by atoms with E-state index >= 15 is 0 Å². The van der Waals surface area contributed by atoms with Crippen molar-refractivity contribution in [2.24, 2.45) is 5.10 Å². The van der Waals surface area contributed by atoms with Crippen LogP contribution in [0.5, 0.6) is 0 Å². The second-order valence-electron chi connectivity index (χ2n) is 4.53. The smallest absolute Gasteiger partial charge is 0.250 e. The summed E-state index contributed by atoms with van der Waals surface area (Å²) < 4.78 is 24.1. The van der Waals surface area contributed by atoms with Gasteiger partial charge in [-0.3, -0.25) is 4.79 Å². The molecule has 2 rings (SSSR count). The Kier molecular flexibility index (Phi) is 6.82. The Labute approximate surface area is 143 Å². The number of benzene rings is 1. The summed E-state index contributed by atoms with van der Waals surface area (Å²) in [5.74, 6) is 0.288. The number of nitrogens with zero attached hydrogens (tertiary/aromatic N) is 1. The summed E-state index contributed by atoms with van der Waals surface area (Å²) in [6.45, 7) is 0. The van der Waals surface area contributed by atoms with Gasteiger partial charge >= 0.3 is 0 Å². The van der Waals surface area contributed by atoms with Crippen molar-refractivity contribution < 1.29 is 13.2 Å². The monoisotopic (exact) mass is 368 g/mol. The second kappa shape index (κ2) is 8.85. The third-order valence-electron chi connectivity index (χ3n) is 2.78. The van der Waals surface area contributed by atoms with Crippen molar-refractivity contribution in [2.75, 3.05) is 17.3 Å². The SMILES string of the molecule is O=C(CSCCS(=O)(=O)c1ccccc1)N/N=C\c1ccsc1. The fraction of sp³-hybridized carbons (Fsp3) is 0.200. The minimum absolute atomic E-state index is 0.00708. The molecule has 0 unspecified atom stereocenters. The topological polar surface area (TPSA) is 75.6 Å².